The van der Waals surface area contributed by atoms with E-state index in [2.05, 4.69) is 6.07 Å². The zero-order valence-corrected chi connectivity index (χ0v) is 15.2. The molecule has 0 aliphatic heterocycles. The van der Waals surface area contributed by atoms with E-state index in [1.807, 2.05) is 18.2 Å². The van der Waals surface area contributed by atoms with E-state index in [0.29, 0.717) is 0 Å². The Morgan fingerprint density at radius 2 is 1.93 bits per heavy atom. The van der Waals surface area contributed by atoms with Crippen LogP contribution in [0, 0.1) is 5.82 Å². The van der Waals surface area contributed by atoms with Crippen molar-refractivity contribution in [2.75, 3.05) is 13.7 Å². The molecule has 0 N–H and O–H groups in total. The van der Waals surface area contributed by atoms with Crippen molar-refractivity contribution in [1.82, 2.24) is 4.90 Å². The van der Waals surface area contributed by atoms with Crippen LogP contribution in [0.5, 0.6) is 0 Å². The molecule has 27 heavy (non-hydrogen) atoms. The van der Waals surface area contributed by atoms with Crippen molar-refractivity contribution in [1.29, 1.82) is 0 Å². The van der Waals surface area contributed by atoms with Crippen LogP contribution in [-0.2, 0) is 20.7 Å². The minimum Gasteiger partial charge on any atom is -0.452 e. The Labute approximate surface area is 158 Å². The van der Waals surface area contributed by atoms with Gasteiger partial charge in [-0.15, -0.1) is 0 Å². The number of benzene rings is 2. The first-order valence-corrected chi connectivity index (χ1v) is 8.99. The van der Waals surface area contributed by atoms with E-state index < -0.39 is 11.8 Å². The molecule has 0 aromatic heterocycles. The number of ether oxygens (including phenoxy) is 1. The van der Waals surface area contributed by atoms with Gasteiger partial charge in [0.15, 0.2) is 6.61 Å². The lowest BCUT2D eigenvalue weighted by Crippen LogP contribution is -2.36. The third-order valence-corrected chi connectivity index (χ3v) is 4.84. The minimum atomic E-state index is -0.677. The van der Waals surface area contributed by atoms with Crippen LogP contribution in [0.15, 0.2) is 54.6 Å². The number of fused-ring (bicyclic) bond motifs is 1. The van der Waals surface area contributed by atoms with Crippen molar-refractivity contribution in [3.63, 3.8) is 0 Å². The molecule has 0 unspecified atom stereocenters. The number of esters is 1. The van der Waals surface area contributed by atoms with E-state index in [1.165, 1.54) is 17.7 Å². The Hall–Kier alpha value is -2.95. The molecule has 1 aliphatic rings. The van der Waals surface area contributed by atoms with Gasteiger partial charge in [0.2, 0.25) is 0 Å². The first kappa shape index (κ1) is 18.8. The summed E-state index contributed by atoms with van der Waals surface area (Å²) in [5.41, 5.74) is 2.71. The summed E-state index contributed by atoms with van der Waals surface area (Å²) in [5.74, 6) is -1.36. The van der Waals surface area contributed by atoms with Crippen molar-refractivity contribution in [3.05, 3.63) is 77.1 Å². The fraction of sp³-hybridized carbons (Fsp3) is 0.273. The molecule has 0 spiro atoms. The maximum Gasteiger partial charge on any atom is 0.331 e. The van der Waals surface area contributed by atoms with Gasteiger partial charge in [-0.05, 0) is 42.5 Å². The van der Waals surface area contributed by atoms with E-state index >= 15 is 0 Å². The largest absolute Gasteiger partial charge is 0.452 e. The van der Waals surface area contributed by atoms with Crippen molar-refractivity contribution < 1.29 is 18.7 Å². The molecule has 5 heteroatoms. The van der Waals surface area contributed by atoms with E-state index in [9.17, 15) is 14.0 Å². The smallest absolute Gasteiger partial charge is 0.331 e. The van der Waals surface area contributed by atoms with Crippen molar-refractivity contribution in [2.45, 2.75) is 25.3 Å². The number of aryl methyl sites for hydroxylation is 1. The monoisotopic (exact) mass is 367 g/mol. The van der Waals surface area contributed by atoms with Crippen LogP contribution in [0.4, 0.5) is 4.39 Å². The maximum absolute atomic E-state index is 13.5. The summed E-state index contributed by atoms with van der Waals surface area (Å²) in [7, 11) is 1.73. The van der Waals surface area contributed by atoms with Crippen LogP contribution in [0.25, 0.3) is 6.08 Å². The van der Waals surface area contributed by atoms with Crippen LogP contribution < -0.4 is 0 Å². The predicted molar refractivity (Wildman–Crippen MR) is 101 cm³/mol. The van der Waals surface area contributed by atoms with Gasteiger partial charge in [-0.2, -0.15) is 0 Å². The van der Waals surface area contributed by atoms with E-state index in [1.54, 1.807) is 30.1 Å². The molecule has 2 aromatic carbocycles. The molecule has 1 aliphatic carbocycles. The molecule has 0 radical (unpaired) electrons. The van der Waals surface area contributed by atoms with Gasteiger partial charge in [-0.1, -0.05) is 42.5 Å². The summed E-state index contributed by atoms with van der Waals surface area (Å²) in [6.45, 7) is -0.338. The Balaban J connectivity index is 1.56. The minimum absolute atomic E-state index is 0.00453. The summed E-state index contributed by atoms with van der Waals surface area (Å²) in [6, 6.07) is 14.2. The summed E-state index contributed by atoms with van der Waals surface area (Å²) in [6.07, 6.45) is 5.39. The van der Waals surface area contributed by atoms with E-state index in [0.717, 1.165) is 30.9 Å². The topological polar surface area (TPSA) is 46.6 Å². The number of hydrogen-bond donors (Lipinski definition) is 0. The third-order valence-electron chi connectivity index (χ3n) is 4.84. The first-order chi connectivity index (χ1) is 13.1. The highest BCUT2D eigenvalue weighted by molar-refractivity contribution is 5.89. The number of hydrogen-bond acceptors (Lipinski definition) is 3. The van der Waals surface area contributed by atoms with Gasteiger partial charge in [0, 0.05) is 18.7 Å². The standard InChI is InChI=1S/C22H22FNO3/c1-24(20-12-6-9-16-7-2-4-10-18(16)20)21(25)15-27-22(26)14-13-17-8-3-5-11-19(17)23/h2-5,7-8,10-11,13-14,20H,6,9,12,15H2,1H3/b14-13+/t20-/m1/s1. The third kappa shape index (κ3) is 4.61. The van der Waals surface area contributed by atoms with Crippen molar-refractivity contribution in [2.24, 2.45) is 0 Å². The summed E-state index contributed by atoms with van der Waals surface area (Å²) in [4.78, 5) is 25.9. The van der Waals surface area contributed by atoms with Crippen LogP contribution >= 0.6 is 0 Å². The maximum atomic E-state index is 13.5. The molecule has 3 rings (SSSR count). The lowest BCUT2D eigenvalue weighted by molar-refractivity contribution is -0.148. The number of carbonyl (C=O) groups is 2. The Bertz CT molecular complexity index is 862. The second kappa shape index (κ2) is 8.62. The lowest BCUT2D eigenvalue weighted by atomic mass is 9.87. The van der Waals surface area contributed by atoms with Gasteiger partial charge < -0.3 is 9.64 Å². The fourth-order valence-corrected chi connectivity index (χ4v) is 3.36. The van der Waals surface area contributed by atoms with Gasteiger partial charge in [0.25, 0.3) is 5.91 Å². The highest BCUT2D eigenvalue weighted by atomic mass is 19.1. The lowest BCUT2D eigenvalue weighted by Gasteiger charge is -2.33. The quantitative estimate of drug-likeness (QED) is 0.594. The molecule has 0 fully saturated rings. The highest BCUT2D eigenvalue weighted by Crippen LogP contribution is 2.33. The zero-order valence-electron chi connectivity index (χ0n) is 15.2. The molecule has 4 nitrogen and oxygen atoms in total. The molecule has 140 valence electrons. The zero-order chi connectivity index (χ0) is 19.2. The number of carbonyl (C=O) groups excluding carboxylic acids is 2. The number of amides is 1. The molecule has 0 heterocycles. The van der Waals surface area contributed by atoms with Gasteiger partial charge >= 0.3 is 5.97 Å². The van der Waals surface area contributed by atoms with Gasteiger partial charge in [-0.3, -0.25) is 4.79 Å². The van der Waals surface area contributed by atoms with Crippen LogP contribution in [0.2, 0.25) is 0 Å². The van der Waals surface area contributed by atoms with Gasteiger partial charge in [-0.25, -0.2) is 9.18 Å². The second-order valence-corrected chi connectivity index (χ2v) is 6.57. The number of likely N-dealkylation sites (N-methyl/N-ethyl adjacent to an activating group) is 1. The normalized spacial score (nSPS) is 16.0. The van der Waals surface area contributed by atoms with E-state index in [-0.39, 0.29) is 24.1 Å². The molecule has 1 atom stereocenters. The highest BCUT2D eigenvalue weighted by Gasteiger charge is 2.26. The number of nitrogens with zero attached hydrogens (tertiary/aromatic N) is 1. The average Bonchev–Trinajstić information content (AvgIpc) is 2.70. The number of rotatable bonds is 5. The van der Waals surface area contributed by atoms with Gasteiger partial charge in [0.1, 0.15) is 5.82 Å². The molecule has 0 bridgehead atoms. The molecule has 0 saturated heterocycles. The van der Waals surface area contributed by atoms with E-state index in [4.69, 9.17) is 4.74 Å². The predicted octanol–water partition coefficient (Wildman–Crippen LogP) is 3.92. The second-order valence-electron chi connectivity index (χ2n) is 6.57. The summed E-state index contributed by atoms with van der Waals surface area (Å²) in [5, 5.41) is 0. The van der Waals surface area contributed by atoms with Crippen LogP contribution in [0.3, 0.4) is 0 Å². The molecule has 0 saturated carbocycles. The van der Waals surface area contributed by atoms with Crippen molar-refractivity contribution >= 4 is 18.0 Å². The molecule has 2 aromatic rings. The van der Waals surface area contributed by atoms with Gasteiger partial charge in [0.05, 0.1) is 6.04 Å². The number of halogens is 1. The van der Waals surface area contributed by atoms with Crippen LogP contribution in [-0.4, -0.2) is 30.4 Å². The summed E-state index contributed by atoms with van der Waals surface area (Å²) >= 11 is 0. The molecular formula is C22H22FNO3. The molecular weight excluding hydrogens is 345 g/mol. The van der Waals surface area contributed by atoms with Crippen LogP contribution in [0.1, 0.15) is 35.6 Å². The van der Waals surface area contributed by atoms with Crippen molar-refractivity contribution in [3.8, 4) is 0 Å². The molecule has 1 amide bonds. The Morgan fingerprint density at radius 1 is 1.19 bits per heavy atom. The first-order valence-electron chi connectivity index (χ1n) is 8.99. The Kier molecular flexibility index (Phi) is 6.01. The summed E-state index contributed by atoms with van der Waals surface area (Å²) < 4.78 is 18.5. The fourth-order valence-electron chi connectivity index (χ4n) is 3.36. The SMILES string of the molecule is CN(C(=O)COC(=O)/C=C/c1ccccc1F)[C@@H]1CCCc2ccccc21. The Morgan fingerprint density at radius 3 is 2.74 bits per heavy atom. The average molecular weight is 367 g/mol.